The topological polar surface area (TPSA) is 131 Å². The maximum absolute atomic E-state index is 14.0. The number of hydrogen-bond acceptors (Lipinski definition) is 8. The fraction of sp³-hybridized carbons (Fsp3) is 0.148. The average molecular weight is 547 g/mol. The highest BCUT2D eigenvalue weighted by atomic mass is 32.2. The number of imidazole rings is 1. The number of sulfonamides is 1. The molecule has 12 heteroatoms. The summed E-state index contributed by atoms with van der Waals surface area (Å²) in [4.78, 5) is 15.5. The number of primary sulfonamides is 1. The number of aryl methyl sites for hydroxylation is 1. The number of fused-ring (bicyclic) bond motifs is 1. The van der Waals surface area contributed by atoms with Gasteiger partial charge in [-0.25, -0.2) is 27.9 Å². The minimum atomic E-state index is -3.78. The van der Waals surface area contributed by atoms with Gasteiger partial charge in [0.1, 0.15) is 11.6 Å². The summed E-state index contributed by atoms with van der Waals surface area (Å²) in [6.45, 7) is 0.638. The zero-order valence-electron chi connectivity index (χ0n) is 21.3. The molecule has 10 nitrogen and oxygen atoms in total. The predicted octanol–water partition coefficient (Wildman–Crippen LogP) is 4.14. The number of hydrogen-bond donors (Lipinski definition) is 3. The monoisotopic (exact) mass is 546 g/mol. The lowest BCUT2D eigenvalue weighted by Gasteiger charge is -2.19. The third kappa shape index (κ3) is 5.81. The molecule has 0 atom stereocenters. The summed E-state index contributed by atoms with van der Waals surface area (Å²) in [5.74, 6) is 1.41. The molecule has 2 heterocycles. The SMILES string of the molecule is CN(c1ccc2c(c1)nc(NCc1ccccc1F)n2C)c1ccnc(NCc2cccc(S(N)(=O)=O)c2)n1. The highest BCUT2D eigenvalue weighted by Crippen LogP contribution is 2.28. The minimum absolute atomic E-state index is 0.0479. The molecule has 2 aromatic heterocycles. The Morgan fingerprint density at radius 3 is 2.59 bits per heavy atom. The van der Waals surface area contributed by atoms with Crippen LogP contribution in [0.15, 0.2) is 83.9 Å². The second-order valence-corrected chi connectivity index (χ2v) is 10.5. The Balaban J connectivity index is 1.31. The Hall–Kier alpha value is -4.55. The second kappa shape index (κ2) is 10.7. The maximum Gasteiger partial charge on any atom is 0.238 e. The zero-order chi connectivity index (χ0) is 27.6. The van der Waals surface area contributed by atoms with Crippen molar-refractivity contribution >= 4 is 44.5 Å². The van der Waals surface area contributed by atoms with E-state index in [9.17, 15) is 12.8 Å². The first-order valence-electron chi connectivity index (χ1n) is 12.1. The molecular formula is C27H27FN8O2S. The molecule has 0 saturated heterocycles. The molecule has 5 rings (SSSR count). The molecule has 5 aromatic rings. The van der Waals surface area contributed by atoms with Gasteiger partial charge in [0.2, 0.25) is 21.9 Å². The van der Waals surface area contributed by atoms with Crippen LogP contribution >= 0.6 is 0 Å². The quantitative estimate of drug-likeness (QED) is 0.251. The van der Waals surface area contributed by atoms with E-state index in [1.165, 1.54) is 18.2 Å². The third-order valence-corrected chi connectivity index (χ3v) is 7.22. The van der Waals surface area contributed by atoms with Gasteiger partial charge in [0.05, 0.1) is 15.9 Å². The van der Waals surface area contributed by atoms with Crippen molar-refractivity contribution in [2.24, 2.45) is 12.2 Å². The summed E-state index contributed by atoms with van der Waals surface area (Å²) in [6, 6.07) is 20.7. The van der Waals surface area contributed by atoms with Crippen molar-refractivity contribution in [2.45, 2.75) is 18.0 Å². The van der Waals surface area contributed by atoms with Gasteiger partial charge in [0.15, 0.2) is 0 Å². The van der Waals surface area contributed by atoms with Crippen LogP contribution in [0.5, 0.6) is 0 Å². The molecule has 0 amide bonds. The number of benzene rings is 3. The van der Waals surface area contributed by atoms with Gasteiger partial charge in [-0.15, -0.1) is 0 Å². The first-order valence-corrected chi connectivity index (χ1v) is 13.6. The van der Waals surface area contributed by atoms with Crippen LogP contribution in [0.2, 0.25) is 0 Å². The number of halogens is 1. The molecule has 0 aliphatic heterocycles. The summed E-state index contributed by atoms with van der Waals surface area (Å²) in [5.41, 5.74) is 3.86. The van der Waals surface area contributed by atoms with Crippen molar-refractivity contribution in [3.63, 3.8) is 0 Å². The van der Waals surface area contributed by atoms with E-state index in [1.54, 1.807) is 42.6 Å². The molecule has 0 bridgehead atoms. The van der Waals surface area contributed by atoms with Gasteiger partial charge in [0, 0.05) is 44.6 Å². The lowest BCUT2D eigenvalue weighted by molar-refractivity contribution is 0.597. The molecule has 0 fully saturated rings. The van der Waals surface area contributed by atoms with Crippen LogP contribution in [0.3, 0.4) is 0 Å². The number of nitrogens with zero attached hydrogens (tertiary/aromatic N) is 5. The fourth-order valence-corrected chi connectivity index (χ4v) is 4.72. The van der Waals surface area contributed by atoms with Crippen molar-refractivity contribution < 1.29 is 12.8 Å². The number of rotatable bonds is 9. The zero-order valence-corrected chi connectivity index (χ0v) is 22.2. The molecule has 3 aromatic carbocycles. The molecule has 0 saturated carbocycles. The molecule has 0 radical (unpaired) electrons. The summed E-state index contributed by atoms with van der Waals surface area (Å²) < 4.78 is 39.2. The number of anilines is 4. The van der Waals surface area contributed by atoms with Gasteiger partial charge < -0.3 is 20.1 Å². The Bertz CT molecular complexity index is 1760. The highest BCUT2D eigenvalue weighted by molar-refractivity contribution is 7.89. The third-order valence-electron chi connectivity index (χ3n) is 6.31. The van der Waals surface area contributed by atoms with Crippen LogP contribution < -0.4 is 20.7 Å². The van der Waals surface area contributed by atoms with Crippen LogP contribution in [0.4, 0.5) is 27.8 Å². The second-order valence-electron chi connectivity index (χ2n) is 8.96. The van der Waals surface area contributed by atoms with Crippen molar-refractivity contribution in [2.75, 3.05) is 22.6 Å². The van der Waals surface area contributed by atoms with E-state index in [2.05, 4.69) is 20.6 Å². The molecular weight excluding hydrogens is 519 g/mol. The normalized spacial score (nSPS) is 11.5. The van der Waals surface area contributed by atoms with E-state index in [4.69, 9.17) is 10.1 Å². The van der Waals surface area contributed by atoms with Crippen LogP contribution in [0, 0.1) is 5.82 Å². The largest absolute Gasteiger partial charge is 0.351 e. The van der Waals surface area contributed by atoms with Crippen molar-refractivity contribution in [3.8, 4) is 0 Å². The van der Waals surface area contributed by atoms with E-state index in [-0.39, 0.29) is 10.7 Å². The van der Waals surface area contributed by atoms with Crippen molar-refractivity contribution in [1.29, 1.82) is 0 Å². The van der Waals surface area contributed by atoms with Gasteiger partial charge in [-0.3, -0.25) is 0 Å². The molecule has 200 valence electrons. The lowest BCUT2D eigenvalue weighted by atomic mass is 10.2. The number of nitrogens with two attached hydrogens (primary N) is 1. The minimum Gasteiger partial charge on any atom is -0.351 e. The summed E-state index contributed by atoms with van der Waals surface area (Å²) in [5, 5.41) is 11.6. The molecule has 4 N–H and O–H groups in total. The molecule has 0 unspecified atom stereocenters. The van der Waals surface area contributed by atoms with Crippen molar-refractivity contribution in [1.82, 2.24) is 19.5 Å². The fourth-order valence-electron chi connectivity index (χ4n) is 4.14. The van der Waals surface area contributed by atoms with E-state index < -0.39 is 10.0 Å². The smallest absolute Gasteiger partial charge is 0.238 e. The molecule has 0 aliphatic carbocycles. The van der Waals surface area contributed by atoms with E-state index in [0.29, 0.717) is 36.4 Å². The van der Waals surface area contributed by atoms with Gasteiger partial charge in [-0.05, 0) is 48.0 Å². The Labute approximate surface area is 225 Å². The molecule has 39 heavy (non-hydrogen) atoms. The van der Waals surface area contributed by atoms with E-state index in [1.807, 2.05) is 41.8 Å². The maximum atomic E-state index is 14.0. The highest BCUT2D eigenvalue weighted by Gasteiger charge is 2.13. The Morgan fingerprint density at radius 1 is 0.974 bits per heavy atom. The number of nitrogens with one attached hydrogen (secondary N) is 2. The van der Waals surface area contributed by atoms with Crippen LogP contribution in [0.1, 0.15) is 11.1 Å². The van der Waals surface area contributed by atoms with Gasteiger partial charge in [0.25, 0.3) is 0 Å². The van der Waals surface area contributed by atoms with E-state index >= 15 is 0 Å². The Morgan fingerprint density at radius 2 is 1.79 bits per heavy atom. The standard InChI is InChI=1S/C27H27FN8O2S/c1-35(25-12-13-30-26(34-25)31-16-18-6-5-8-21(14-18)39(29,37)38)20-10-11-24-23(15-20)33-27(36(24)2)32-17-19-7-3-4-9-22(19)28/h3-15H,16-17H2,1-2H3,(H,32,33)(H2,29,37,38)(H,30,31,34). The van der Waals surface area contributed by atoms with Gasteiger partial charge in [-0.1, -0.05) is 30.3 Å². The van der Waals surface area contributed by atoms with Crippen molar-refractivity contribution in [3.05, 3.63) is 95.9 Å². The van der Waals surface area contributed by atoms with Crippen LogP contribution in [-0.4, -0.2) is 35.0 Å². The van der Waals surface area contributed by atoms with Gasteiger partial charge in [-0.2, -0.15) is 4.98 Å². The molecule has 0 aliphatic rings. The first kappa shape index (κ1) is 26.1. The van der Waals surface area contributed by atoms with E-state index in [0.717, 1.165) is 22.3 Å². The summed E-state index contributed by atoms with van der Waals surface area (Å²) in [7, 11) is 0.0151. The average Bonchev–Trinajstić information content (AvgIpc) is 3.25. The number of aromatic nitrogens is 4. The predicted molar refractivity (Wildman–Crippen MR) is 150 cm³/mol. The summed E-state index contributed by atoms with van der Waals surface area (Å²) >= 11 is 0. The van der Waals surface area contributed by atoms with Crippen LogP contribution in [0.25, 0.3) is 11.0 Å². The first-order chi connectivity index (χ1) is 18.7. The lowest BCUT2D eigenvalue weighted by Crippen LogP contribution is -2.14. The van der Waals surface area contributed by atoms with Crippen LogP contribution in [-0.2, 0) is 30.2 Å². The Kier molecular flexibility index (Phi) is 7.13. The van der Waals surface area contributed by atoms with Gasteiger partial charge >= 0.3 is 0 Å². The summed E-state index contributed by atoms with van der Waals surface area (Å²) in [6.07, 6.45) is 1.64. The molecule has 0 spiro atoms.